The van der Waals surface area contributed by atoms with Crippen molar-refractivity contribution in [2.45, 2.75) is 213 Å². The molecule has 0 aliphatic carbocycles. The lowest BCUT2D eigenvalue weighted by Gasteiger charge is -2.18. The number of rotatable bonds is 35. The van der Waals surface area contributed by atoms with Crippen molar-refractivity contribution in [3.05, 3.63) is 12.2 Å². The van der Waals surface area contributed by atoms with Gasteiger partial charge in [-0.15, -0.1) is 0 Å². The van der Waals surface area contributed by atoms with Crippen LogP contribution in [0.4, 0.5) is 0 Å². The minimum absolute atomic E-state index is 0.123. The highest BCUT2D eigenvalue weighted by molar-refractivity contribution is 5.87. The molecule has 45 heavy (non-hydrogen) atoms. The Kier molecular flexibility index (Phi) is 33.6. The lowest BCUT2D eigenvalue weighted by molar-refractivity contribution is -0.138. The van der Waals surface area contributed by atoms with Gasteiger partial charge in [0.1, 0.15) is 6.04 Å². The van der Waals surface area contributed by atoms with E-state index in [0.717, 1.165) is 38.5 Å². The molecule has 0 aliphatic heterocycles. The van der Waals surface area contributed by atoms with E-state index in [2.05, 4.69) is 36.6 Å². The first-order chi connectivity index (χ1) is 22.0. The van der Waals surface area contributed by atoms with Crippen LogP contribution in [-0.2, 0) is 14.4 Å². The minimum atomic E-state index is -0.953. The van der Waals surface area contributed by atoms with Crippen molar-refractivity contribution in [2.24, 2.45) is 0 Å². The Labute approximate surface area is 278 Å². The molecule has 0 spiro atoms. The highest BCUT2D eigenvalue weighted by Gasteiger charge is 2.21. The summed E-state index contributed by atoms with van der Waals surface area (Å²) in [7, 11) is 0. The van der Waals surface area contributed by atoms with Gasteiger partial charge in [0.15, 0.2) is 0 Å². The Balaban J connectivity index is 3.87. The van der Waals surface area contributed by atoms with Crippen LogP contribution in [0, 0.1) is 0 Å². The number of carboxylic acid groups (broad SMARTS) is 1. The molecule has 0 aromatic heterocycles. The molecule has 0 fully saturated rings. The Morgan fingerprint density at radius 1 is 0.533 bits per heavy atom. The lowest BCUT2D eigenvalue weighted by Crippen LogP contribution is -2.47. The maximum Gasteiger partial charge on any atom is 0.303 e. The van der Waals surface area contributed by atoms with Crippen LogP contribution in [0.5, 0.6) is 0 Å². The van der Waals surface area contributed by atoms with Crippen LogP contribution < -0.4 is 10.6 Å². The molecule has 1 unspecified atom stereocenters. The minimum Gasteiger partial charge on any atom is -0.481 e. The fraction of sp³-hybridized carbons (Fsp3) is 0.872. The van der Waals surface area contributed by atoms with Gasteiger partial charge in [0.05, 0.1) is 0 Å². The predicted molar refractivity (Wildman–Crippen MR) is 192 cm³/mol. The summed E-state index contributed by atoms with van der Waals surface area (Å²) in [5, 5.41) is 14.8. The number of hydrogen-bond donors (Lipinski definition) is 3. The van der Waals surface area contributed by atoms with Gasteiger partial charge in [-0.05, 0) is 44.9 Å². The van der Waals surface area contributed by atoms with Crippen LogP contribution in [-0.4, -0.2) is 35.5 Å². The van der Waals surface area contributed by atoms with E-state index in [1.807, 2.05) is 0 Å². The van der Waals surface area contributed by atoms with Crippen molar-refractivity contribution >= 4 is 17.8 Å². The maximum absolute atomic E-state index is 12.7. The SMILES string of the molecule is CCCCCCCCC=CCCCCCCCC(=O)NC(CCC(=O)O)C(=O)NCCCCCCCCCCCCCCCC. The third kappa shape index (κ3) is 33.3. The van der Waals surface area contributed by atoms with E-state index in [-0.39, 0.29) is 24.7 Å². The Bertz CT molecular complexity index is 709. The van der Waals surface area contributed by atoms with Gasteiger partial charge >= 0.3 is 5.97 Å². The number of allylic oxidation sites excluding steroid dienone is 2. The van der Waals surface area contributed by atoms with Crippen molar-refractivity contribution in [3.63, 3.8) is 0 Å². The molecule has 0 saturated carbocycles. The van der Waals surface area contributed by atoms with E-state index >= 15 is 0 Å². The molecule has 0 rings (SSSR count). The summed E-state index contributed by atoms with van der Waals surface area (Å²) in [5.41, 5.74) is 0. The molecule has 3 N–H and O–H groups in total. The van der Waals surface area contributed by atoms with Gasteiger partial charge in [-0.25, -0.2) is 0 Å². The second-order valence-corrected chi connectivity index (χ2v) is 13.3. The van der Waals surface area contributed by atoms with Crippen molar-refractivity contribution in [1.82, 2.24) is 10.6 Å². The Morgan fingerprint density at radius 3 is 1.38 bits per heavy atom. The number of carbonyl (C=O) groups excluding carboxylic acids is 2. The summed E-state index contributed by atoms with van der Waals surface area (Å²) in [6, 6.07) is -0.775. The summed E-state index contributed by atoms with van der Waals surface area (Å²) in [5.74, 6) is -1.37. The number of unbranched alkanes of at least 4 members (excludes halogenated alkanes) is 24. The number of aliphatic carboxylic acids is 1. The van der Waals surface area contributed by atoms with E-state index in [1.54, 1.807) is 0 Å². The molecule has 0 heterocycles. The normalized spacial score (nSPS) is 12.0. The van der Waals surface area contributed by atoms with Gasteiger partial charge < -0.3 is 15.7 Å². The standard InChI is InChI=1S/C39H74N2O4/c1-3-5-7-9-11-13-15-17-19-20-22-24-26-28-30-32-37(42)41-36(33-34-38(43)44)39(45)40-35-31-29-27-25-23-21-18-16-14-12-10-8-6-4-2/h17,19,36H,3-16,18,20-35H2,1-2H3,(H,40,45)(H,41,42)(H,43,44). The van der Waals surface area contributed by atoms with Crippen molar-refractivity contribution in [3.8, 4) is 0 Å². The second-order valence-electron chi connectivity index (χ2n) is 13.3. The monoisotopic (exact) mass is 635 g/mol. The Hall–Kier alpha value is -1.85. The van der Waals surface area contributed by atoms with Gasteiger partial charge in [-0.3, -0.25) is 14.4 Å². The average molecular weight is 635 g/mol. The number of nitrogens with one attached hydrogen (secondary N) is 2. The number of amides is 2. The largest absolute Gasteiger partial charge is 0.481 e. The molecule has 1 atom stereocenters. The van der Waals surface area contributed by atoms with Crippen molar-refractivity contribution in [2.75, 3.05) is 6.54 Å². The fourth-order valence-corrected chi connectivity index (χ4v) is 5.81. The fourth-order valence-electron chi connectivity index (χ4n) is 5.81. The number of carboxylic acids is 1. The van der Waals surface area contributed by atoms with E-state index in [0.29, 0.717) is 13.0 Å². The first-order valence-electron chi connectivity index (χ1n) is 19.4. The van der Waals surface area contributed by atoms with Crippen LogP contribution in [0.25, 0.3) is 0 Å². The molecule has 6 nitrogen and oxygen atoms in total. The van der Waals surface area contributed by atoms with Crippen LogP contribution in [0.1, 0.15) is 206 Å². The van der Waals surface area contributed by atoms with Crippen LogP contribution in [0.2, 0.25) is 0 Å². The molecule has 0 aliphatic rings. The van der Waals surface area contributed by atoms with E-state index in [1.165, 1.54) is 135 Å². The van der Waals surface area contributed by atoms with Crippen molar-refractivity contribution < 1.29 is 19.5 Å². The van der Waals surface area contributed by atoms with Crippen molar-refractivity contribution in [1.29, 1.82) is 0 Å². The van der Waals surface area contributed by atoms with Crippen LogP contribution >= 0.6 is 0 Å². The van der Waals surface area contributed by atoms with Crippen LogP contribution in [0.3, 0.4) is 0 Å². The zero-order chi connectivity index (χ0) is 33.1. The summed E-state index contributed by atoms with van der Waals surface area (Å²) in [6.45, 7) is 5.09. The topological polar surface area (TPSA) is 95.5 Å². The first-order valence-corrected chi connectivity index (χ1v) is 19.4. The highest BCUT2D eigenvalue weighted by Crippen LogP contribution is 2.13. The van der Waals surface area contributed by atoms with Gasteiger partial charge in [-0.1, -0.05) is 161 Å². The quantitative estimate of drug-likeness (QED) is 0.0477. The van der Waals surface area contributed by atoms with E-state index < -0.39 is 12.0 Å². The molecule has 0 bridgehead atoms. The Morgan fingerprint density at radius 2 is 0.933 bits per heavy atom. The molecular formula is C39H74N2O4. The molecule has 0 aromatic carbocycles. The van der Waals surface area contributed by atoms with E-state index in [4.69, 9.17) is 5.11 Å². The zero-order valence-corrected chi connectivity index (χ0v) is 29.8. The molecule has 0 saturated heterocycles. The summed E-state index contributed by atoms with van der Waals surface area (Å²) in [6.07, 6.45) is 38.7. The highest BCUT2D eigenvalue weighted by atomic mass is 16.4. The second kappa shape index (κ2) is 35.0. The van der Waals surface area contributed by atoms with Crippen LogP contribution in [0.15, 0.2) is 12.2 Å². The van der Waals surface area contributed by atoms with Gasteiger partial charge in [0.25, 0.3) is 0 Å². The summed E-state index contributed by atoms with van der Waals surface area (Å²) < 4.78 is 0. The first kappa shape index (κ1) is 43.1. The molecule has 6 heteroatoms. The summed E-state index contributed by atoms with van der Waals surface area (Å²) in [4.78, 5) is 36.3. The lowest BCUT2D eigenvalue weighted by atomic mass is 10.0. The molecule has 0 aromatic rings. The third-order valence-corrected chi connectivity index (χ3v) is 8.79. The number of hydrogen-bond acceptors (Lipinski definition) is 3. The van der Waals surface area contributed by atoms with Gasteiger partial charge in [0, 0.05) is 19.4 Å². The molecule has 2 amide bonds. The third-order valence-electron chi connectivity index (χ3n) is 8.79. The molecule has 0 radical (unpaired) electrons. The predicted octanol–water partition coefficient (Wildman–Crippen LogP) is 11.0. The summed E-state index contributed by atoms with van der Waals surface area (Å²) >= 11 is 0. The maximum atomic E-state index is 12.7. The van der Waals surface area contributed by atoms with Gasteiger partial charge in [0.2, 0.25) is 11.8 Å². The average Bonchev–Trinajstić information content (AvgIpc) is 3.02. The number of carbonyl (C=O) groups is 3. The molecule has 264 valence electrons. The van der Waals surface area contributed by atoms with Gasteiger partial charge in [-0.2, -0.15) is 0 Å². The van der Waals surface area contributed by atoms with E-state index in [9.17, 15) is 14.4 Å². The zero-order valence-electron chi connectivity index (χ0n) is 29.8. The molecular weight excluding hydrogens is 560 g/mol. The smallest absolute Gasteiger partial charge is 0.303 e.